The van der Waals surface area contributed by atoms with Crippen LogP contribution in [0.15, 0.2) is 30.3 Å². The van der Waals surface area contributed by atoms with Crippen LogP contribution < -0.4 is 5.32 Å². The first-order valence-corrected chi connectivity index (χ1v) is 5.78. The first kappa shape index (κ1) is 10.8. The fraction of sp³-hybridized carbons (Fsp3) is 0.167. The van der Waals surface area contributed by atoms with E-state index in [9.17, 15) is 4.79 Å². The molecule has 0 saturated heterocycles. The van der Waals surface area contributed by atoms with Gasteiger partial charge in [-0.15, -0.1) is 11.3 Å². The number of carbonyl (C=O) groups excluding carboxylic acids is 1. The Kier molecular flexibility index (Phi) is 3.01. The van der Waals surface area contributed by atoms with Crippen LogP contribution in [0.5, 0.6) is 0 Å². The molecule has 4 heteroatoms. The fourth-order valence-electron chi connectivity index (χ4n) is 1.35. The molecular weight excluding hydrogens is 220 g/mol. The quantitative estimate of drug-likeness (QED) is 0.864. The predicted molar refractivity (Wildman–Crippen MR) is 66.0 cm³/mol. The van der Waals surface area contributed by atoms with Crippen molar-refractivity contribution < 1.29 is 4.79 Å². The van der Waals surface area contributed by atoms with Crippen LogP contribution >= 0.6 is 11.3 Å². The number of carbonyl (C=O) groups is 1. The Morgan fingerprint density at radius 3 is 2.69 bits per heavy atom. The van der Waals surface area contributed by atoms with E-state index in [0.717, 1.165) is 10.6 Å². The summed E-state index contributed by atoms with van der Waals surface area (Å²) in [6, 6.07) is 9.31. The van der Waals surface area contributed by atoms with E-state index in [1.165, 1.54) is 11.3 Å². The highest BCUT2D eigenvalue weighted by Gasteiger charge is 2.08. The third-order valence-electron chi connectivity index (χ3n) is 2.09. The molecule has 2 aromatic rings. The molecule has 0 fully saturated rings. The van der Waals surface area contributed by atoms with Crippen LogP contribution in [0.3, 0.4) is 0 Å². The molecule has 16 heavy (non-hydrogen) atoms. The van der Waals surface area contributed by atoms with Crippen LogP contribution in [0.1, 0.15) is 20.2 Å². The summed E-state index contributed by atoms with van der Waals surface area (Å²) < 4.78 is 0. The standard InChI is InChI=1S/C12H12N2OS/c1-8-4-3-5-11(13-8)14-12(15)10-7-6-9(2)16-10/h3-7H,1-2H3,(H,13,14,15). The molecule has 0 spiro atoms. The molecule has 1 N–H and O–H groups in total. The lowest BCUT2D eigenvalue weighted by Gasteiger charge is -2.02. The predicted octanol–water partition coefficient (Wildman–Crippen LogP) is 3.01. The second-order valence-corrected chi connectivity index (χ2v) is 4.82. The molecule has 2 aromatic heterocycles. The molecule has 0 saturated carbocycles. The van der Waals surface area contributed by atoms with Gasteiger partial charge in [0.25, 0.3) is 5.91 Å². The highest BCUT2D eigenvalue weighted by molar-refractivity contribution is 7.14. The molecule has 0 aliphatic heterocycles. The number of rotatable bonds is 2. The normalized spacial score (nSPS) is 10.1. The van der Waals surface area contributed by atoms with Gasteiger partial charge in [-0.3, -0.25) is 4.79 Å². The summed E-state index contributed by atoms with van der Waals surface area (Å²) >= 11 is 1.48. The summed E-state index contributed by atoms with van der Waals surface area (Å²) in [4.78, 5) is 17.9. The van der Waals surface area contributed by atoms with E-state index in [1.54, 1.807) is 6.07 Å². The summed E-state index contributed by atoms with van der Waals surface area (Å²) in [6.45, 7) is 3.87. The lowest BCUT2D eigenvalue weighted by Crippen LogP contribution is -2.11. The van der Waals surface area contributed by atoms with Crippen molar-refractivity contribution in [3.8, 4) is 0 Å². The molecule has 0 aromatic carbocycles. The lowest BCUT2D eigenvalue weighted by molar-refractivity contribution is 0.103. The minimum Gasteiger partial charge on any atom is -0.306 e. The van der Waals surface area contributed by atoms with Crippen molar-refractivity contribution in [2.75, 3.05) is 5.32 Å². The van der Waals surface area contributed by atoms with Crippen molar-refractivity contribution in [2.45, 2.75) is 13.8 Å². The van der Waals surface area contributed by atoms with E-state index in [1.807, 2.05) is 38.1 Å². The second-order valence-electron chi connectivity index (χ2n) is 3.53. The van der Waals surface area contributed by atoms with Crippen LogP contribution in [0.25, 0.3) is 0 Å². The summed E-state index contributed by atoms with van der Waals surface area (Å²) in [5.41, 5.74) is 0.889. The van der Waals surface area contributed by atoms with E-state index in [0.29, 0.717) is 10.7 Å². The Labute approximate surface area is 98.2 Å². The number of nitrogens with one attached hydrogen (secondary N) is 1. The maximum Gasteiger partial charge on any atom is 0.266 e. The molecule has 0 unspecified atom stereocenters. The Bertz CT molecular complexity index is 519. The Morgan fingerprint density at radius 2 is 2.06 bits per heavy atom. The van der Waals surface area contributed by atoms with Crippen molar-refractivity contribution in [1.29, 1.82) is 0 Å². The summed E-state index contributed by atoms with van der Waals surface area (Å²) in [5, 5.41) is 2.77. The topological polar surface area (TPSA) is 42.0 Å². The molecule has 1 amide bonds. The number of nitrogens with zero attached hydrogens (tertiary/aromatic N) is 1. The zero-order chi connectivity index (χ0) is 11.5. The van der Waals surface area contributed by atoms with Crippen molar-refractivity contribution >= 4 is 23.1 Å². The number of thiophene rings is 1. The molecule has 82 valence electrons. The molecule has 0 bridgehead atoms. The van der Waals surface area contributed by atoms with Gasteiger partial charge in [0, 0.05) is 10.6 Å². The first-order chi connectivity index (χ1) is 7.65. The maximum absolute atomic E-state index is 11.8. The largest absolute Gasteiger partial charge is 0.306 e. The zero-order valence-electron chi connectivity index (χ0n) is 9.15. The molecule has 2 rings (SSSR count). The van der Waals surface area contributed by atoms with Crippen molar-refractivity contribution in [1.82, 2.24) is 4.98 Å². The van der Waals surface area contributed by atoms with Gasteiger partial charge in [-0.1, -0.05) is 6.07 Å². The number of hydrogen-bond acceptors (Lipinski definition) is 3. The van der Waals surface area contributed by atoms with E-state index in [-0.39, 0.29) is 5.91 Å². The first-order valence-electron chi connectivity index (χ1n) is 4.96. The Balaban J connectivity index is 2.13. The smallest absolute Gasteiger partial charge is 0.266 e. The van der Waals surface area contributed by atoms with Crippen LogP contribution in [0.4, 0.5) is 5.82 Å². The summed E-state index contributed by atoms with van der Waals surface area (Å²) in [5.74, 6) is 0.493. The number of amides is 1. The average Bonchev–Trinajstić information content (AvgIpc) is 2.65. The second kappa shape index (κ2) is 4.45. The molecule has 2 heterocycles. The highest BCUT2D eigenvalue weighted by atomic mass is 32.1. The number of aryl methyl sites for hydroxylation is 2. The van der Waals surface area contributed by atoms with Crippen LogP contribution in [0, 0.1) is 13.8 Å². The van der Waals surface area contributed by atoms with Gasteiger partial charge in [0.1, 0.15) is 5.82 Å². The SMILES string of the molecule is Cc1cccc(NC(=O)c2ccc(C)s2)n1. The van der Waals surface area contributed by atoms with Gasteiger partial charge < -0.3 is 5.32 Å². The summed E-state index contributed by atoms with van der Waals surface area (Å²) in [7, 11) is 0. The Hall–Kier alpha value is -1.68. The van der Waals surface area contributed by atoms with Gasteiger partial charge in [-0.25, -0.2) is 4.98 Å². The van der Waals surface area contributed by atoms with Crippen LogP contribution in [-0.4, -0.2) is 10.9 Å². The van der Waals surface area contributed by atoms with Crippen molar-refractivity contribution in [2.24, 2.45) is 0 Å². The fourth-order valence-corrected chi connectivity index (χ4v) is 2.11. The molecule has 0 atom stereocenters. The molecule has 0 aliphatic carbocycles. The third-order valence-corrected chi connectivity index (χ3v) is 3.09. The van der Waals surface area contributed by atoms with Gasteiger partial charge in [0.15, 0.2) is 0 Å². The van der Waals surface area contributed by atoms with Crippen molar-refractivity contribution in [3.63, 3.8) is 0 Å². The van der Waals surface area contributed by atoms with Gasteiger partial charge in [0.05, 0.1) is 4.88 Å². The molecule has 0 radical (unpaired) electrons. The number of pyridine rings is 1. The zero-order valence-corrected chi connectivity index (χ0v) is 9.97. The van der Waals surface area contributed by atoms with Crippen LogP contribution in [-0.2, 0) is 0 Å². The van der Waals surface area contributed by atoms with Crippen LogP contribution in [0.2, 0.25) is 0 Å². The lowest BCUT2D eigenvalue weighted by atomic mass is 10.3. The molecule has 3 nitrogen and oxygen atoms in total. The molecular formula is C12H12N2OS. The maximum atomic E-state index is 11.8. The third kappa shape index (κ3) is 2.46. The van der Waals surface area contributed by atoms with Gasteiger partial charge in [0.2, 0.25) is 0 Å². The number of hydrogen-bond donors (Lipinski definition) is 1. The van der Waals surface area contributed by atoms with Gasteiger partial charge in [-0.2, -0.15) is 0 Å². The van der Waals surface area contributed by atoms with E-state index < -0.39 is 0 Å². The summed E-state index contributed by atoms with van der Waals surface area (Å²) in [6.07, 6.45) is 0. The van der Waals surface area contributed by atoms with Gasteiger partial charge >= 0.3 is 0 Å². The minimum absolute atomic E-state index is 0.101. The average molecular weight is 232 g/mol. The van der Waals surface area contributed by atoms with E-state index >= 15 is 0 Å². The van der Waals surface area contributed by atoms with E-state index in [4.69, 9.17) is 0 Å². The number of anilines is 1. The van der Waals surface area contributed by atoms with Gasteiger partial charge in [-0.05, 0) is 38.1 Å². The minimum atomic E-state index is -0.101. The van der Waals surface area contributed by atoms with Crippen molar-refractivity contribution in [3.05, 3.63) is 45.8 Å². The highest BCUT2D eigenvalue weighted by Crippen LogP contribution is 2.16. The Morgan fingerprint density at radius 1 is 1.25 bits per heavy atom. The monoisotopic (exact) mass is 232 g/mol. The number of aromatic nitrogens is 1. The van der Waals surface area contributed by atoms with E-state index in [2.05, 4.69) is 10.3 Å². The molecule has 0 aliphatic rings.